The molecule has 0 aliphatic heterocycles. The van der Waals surface area contributed by atoms with Crippen molar-refractivity contribution in [1.29, 1.82) is 0 Å². The maximum Gasteiger partial charge on any atom is 0.416 e. The molecule has 2 aromatic rings. The molecule has 0 radical (unpaired) electrons. The monoisotopic (exact) mass is 421 g/mol. The lowest BCUT2D eigenvalue weighted by atomic mass is 10.0. The first-order chi connectivity index (χ1) is 14.1. The second-order valence-corrected chi connectivity index (χ2v) is 7.17. The second kappa shape index (κ2) is 10.3. The molecule has 4 nitrogen and oxygen atoms in total. The lowest BCUT2D eigenvalue weighted by Gasteiger charge is -2.19. The van der Waals surface area contributed by atoms with Crippen LogP contribution in [0.3, 0.4) is 0 Å². The van der Waals surface area contributed by atoms with Gasteiger partial charge in [0.05, 0.1) is 17.4 Å². The fourth-order valence-electron chi connectivity index (χ4n) is 2.88. The van der Waals surface area contributed by atoms with Crippen LogP contribution in [-0.4, -0.2) is 23.0 Å². The van der Waals surface area contributed by atoms with Gasteiger partial charge in [0, 0.05) is 12.0 Å². The molecule has 0 bridgehead atoms. The SMILES string of the molecule is C=C(O)C(Cc1cccc(/C(C)=N/OCc2ccccc2C(F)(F)F)c1)OC(C)C. The predicted octanol–water partition coefficient (Wildman–Crippen LogP) is 6.05. The zero-order chi connectivity index (χ0) is 22.3. The third-order valence-corrected chi connectivity index (χ3v) is 4.32. The molecule has 1 atom stereocenters. The molecule has 0 heterocycles. The number of benzene rings is 2. The summed E-state index contributed by atoms with van der Waals surface area (Å²) >= 11 is 0. The Morgan fingerprint density at radius 1 is 1.13 bits per heavy atom. The van der Waals surface area contributed by atoms with Gasteiger partial charge in [-0.1, -0.05) is 48.1 Å². The Hall–Kier alpha value is -2.80. The quantitative estimate of drug-likeness (QED) is 0.304. The Morgan fingerprint density at radius 3 is 2.47 bits per heavy atom. The summed E-state index contributed by atoms with van der Waals surface area (Å²) in [5.74, 6) is -0.0499. The van der Waals surface area contributed by atoms with Crippen molar-refractivity contribution in [3.63, 3.8) is 0 Å². The van der Waals surface area contributed by atoms with Gasteiger partial charge in [-0.05, 0) is 44.0 Å². The highest BCUT2D eigenvalue weighted by Gasteiger charge is 2.33. The molecule has 0 spiro atoms. The molecule has 1 N–H and O–H groups in total. The molecule has 2 aromatic carbocycles. The van der Waals surface area contributed by atoms with E-state index in [-0.39, 0.29) is 24.0 Å². The van der Waals surface area contributed by atoms with Crippen LogP contribution >= 0.6 is 0 Å². The number of ether oxygens (including phenoxy) is 1. The minimum Gasteiger partial charge on any atom is -0.510 e. The van der Waals surface area contributed by atoms with Gasteiger partial charge < -0.3 is 14.7 Å². The molecular formula is C23H26F3NO3. The number of oxime groups is 1. The number of hydrogen-bond acceptors (Lipinski definition) is 4. The van der Waals surface area contributed by atoms with Crippen LogP contribution in [0.2, 0.25) is 0 Å². The zero-order valence-corrected chi connectivity index (χ0v) is 17.2. The lowest BCUT2D eigenvalue weighted by molar-refractivity contribution is -0.138. The molecule has 162 valence electrons. The van der Waals surface area contributed by atoms with E-state index < -0.39 is 17.8 Å². The molecule has 0 aliphatic carbocycles. The molecule has 0 saturated carbocycles. The summed E-state index contributed by atoms with van der Waals surface area (Å²) in [6.07, 6.45) is -4.63. The molecule has 2 rings (SSSR count). The average Bonchev–Trinajstić information content (AvgIpc) is 2.67. The van der Waals surface area contributed by atoms with E-state index in [0.717, 1.165) is 17.2 Å². The van der Waals surface area contributed by atoms with E-state index in [0.29, 0.717) is 12.1 Å². The first-order valence-electron chi connectivity index (χ1n) is 9.52. The van der Waals surface area contributed by atoms with E-state index in [1.807, 2.05) is 38.1 Å². The summed E-state index contributed by atoms with van der Waals surface area (Å²) < 4.78 is 44.8. The third-order valence-electron chi connectivity index (χ3n) is 4.32. The molecule has 7 heteroatoms. The number of aliphatic hydroxyl groups is 1. The Morgan fingerprint density at radius 2 is 1.83 bits per heavy atom. The van der Waals surface area contributed by atoms with Crippen molar-refractivity contribution >= 4 is 5.71 Å². The molecular weight excluding hydrogens is 395 g/mol. The molecule has 0 aromatic heterocycles. The topological polar surface area (TPSA) is 51.1 Å². The normalized spacial score (nSPS) is 13.4. The summed E-state index contributed by atoms with van der Waals surface area (Å²) in [6.45, 7) is 8.73. The van der Waals surface area contributed by atoms with E-state index in [1.165, 1.54) is 18.2 Å². The van der Waals surface area contributed by atoms with Crippen molar-refractivity contribution in [3.8, 4) is 0 Å². The van der Waals surface area contributed by atoms with Crippen LogP contribution in [0.5, 0.6) is 0 Å². The van der Waals surface area contributed by atoms with Gasteiger partial charge in [0.15, 0.2) is 0 Å². The number of aliphatic hydroxyl groups excluding tert-OH is 1. The Kier molecular flexibility index (Phi) is 8.06. The van der Waals surface area contributed by atoms with Crippen LogP contribution in [0.25, 0.3) is 0 Å². The number of halogens is 3. The number of nitrogens with zero attached hydrogens (tertiary/aromatic N) is 1. The maximum absolute atomic E-state index is 13.1. The van der Waals surface area contributed by atoms with Gasteiger partial charge >= 0.3 is 6.18 Å². The standard InChI is InChI=1S/C23H26F3NO3/c1-15(2)30-22(17(4)28)13-18-8-7-10-19(12-18)16(3)27-29-14-20-9-5-6-11-21(20)23(24,25)26/h5-12,15,22,28H,4,13-14H2,1-3H3/b27-16+. The minimum absolute atomic E-state index is 0.0189. The predicted molar refractivity (Wildman–Crippen MR) is 110 cm³/mol. The highest BCUT2D eigenvalue weighted by Crippen LogP contribution is 2.32. The molecule has 30 heavy (non-hydrogen) atoms. The maximum atomic E-state index is 13.1. The zero-order valence-electron chi connectivity index (χ0n) is 17.2. The number of rotatable bonds is 9. The van der Waals surface area contributed by atoms with Crippen LogP contribution in [0.1, 0.15) is 43.0 Å². The molecule has 0 saturated heterocycles. The van der Waals surface area contributed by atoms with Crippen LogP contribution < -0.4 is 0 Å². The summed E-state index contributed by atoms with van der Waals surface area (Å²) in [7, 11) is 0. The fourth-order valence-corrected chi connectivity index (χ4v) is 2.88. The van der Waals surface area contributed by atoms with Crippen LogP contribution in [-0.2, 0) is 28.8 Å². The van der Waals surface area contributed by atoms with Gasteiger partial charge in [0.25, 0.3) is 0 Å². The first kappa shape index (κ1) is 23.5. The highest BCUT2D eigenvalue weighted by atomic mass is 19.4. The van der Waals surface area contributed by atoms with Crippen LogP contribution in [0.15, 0.2) is 66.0 Å². The van der Waals surface area contributed by atoms with Gasteiger partial charge in [-0.3, -0.25) is 0 Å². The second-order valence-electron chi connectivity index (χ2n) is 7.17. The summed E-state index contributed by atoms with van der Waals surface area (Å²) in [4.78, 5) is 5.19. The summed E-state index contributed by atoms with van der Waals surface area (Å²) in [5.41, 5.74) is 1.45. The van der Waals surface area contributed by atoms with Gasteiger partial charge in [-0.15, -0.1) is 0 Å². The van der Waals surface area contributed by atoms with Gasteiger partial charge in [-0.2, -0.15) is 13.2 Å². The van der Waals surface area contributed by atoms with E-state index in [1.54, 1.807) is 6.92 Å². The van der Waals surface area contributed by atoms with Crippen molar-refractivity contribution < 1.29 is 27.9 Å². The number of hydrogen-bond donors (Lipinski definition) is 1. The lowest BCUT2D eigenvalue weighted by Crippen LogP contribution is -2.22. The number of alkyl halides is 3. The highest BCUT2D eigenvalue weighted by molar-refractivity contribution is 5.98. The van der Waals surface area contributed by atoms with E-state index >= 15 is 0 Å². The van der Waals surface area contributed by atoms with Crippen molar-refractivity contribution in [2.24, 2.45) is 5.16 Å². The first-order valence-corrected chi connectivity index (χ1v) is 9.52. The van der Waals surface area contributed by atoms with Crippen LogP contribution in [0, 0.1) is 0 Å². The van der Waals surface area contributed by atoms with Crippen molar-refractivity contribution in [3.05, 3.63) is 83.1 Å². The van der Waals surface area contributed by atoms with Crippen molar-refractivity contribution in [2.45, 2.75) is 52.2 Å². The van der Waals surface area contributed by atoms with E-state index in [9.17, 15) is 18.3 Å². The van der Waals surface area contributed by atoms with E-state index in [2.05, 4.69) is 11.7 Å². The third kappa shape index (κ3) is 6.91. The Bertz CT molecular complexity index is 891. The molecule has 0 amide bonds. The smallest absolute Gasteiger partial charge is 0.416 e. The van der Waals surface area contributed by atoms with Gasteiger partial charge in [-0.25, -0.2) is 0 Å². The molecule has 1 unspecified atom stereocenters. The van der Waals surface area contributed by atoms with Crippen molar-refractivity contribution in [2.75, 3.05) is 0 Å². The molecule has 0 fully saturated rings. The van der Waals surface area contributed by atoms with Gasteiger partial charge in [0.2, 0.25) is 0 Å². The fraction of sp³-hybridized carbons (Fsp3) is 0.348. The average molecular weight is 421 g/mol. The molecule has 0 aliphatic rings. The largest absolute Gasteiger partial charge is 0.510 e. The Labute approximate surface area is 174 Å². The summed E-state index contributed by atoms with van der Waals surface area (Å²) in [6, 6.07) is 12.6. The van der Waals surface area contributed by atoms with Crippen LogP contribution in [0.4, 0.5) is 13.2 Å². The summed E-state index contributed by atoms with van der Waals surface area (Å²) in [5, 5.41) is 13.7. The minimum atomic E-state index is -4.45. The van der Waals surface area contributed by atoms with Gasteiger partial charge in [0.1, 0.15) is 18.5 Å². The van der Waals surface area contributed by atoms with Crippen molar-refractivity contribution in [1.82, 2.24) is 0 Å². The Balaban J connectivity index is 2.09. The van der Waals surface area contributed by atoms with E-state index in [4.69, 9.17) is 9.57 Å².